The molecule has 2 nitrogen and oxygen atoms in total. The average molecular weight is 273 g/mol. The van der Waals surface area contributed by atoms with Crippen molar-refractivity contribution in [2.75, 3.05) is 6.26 Å². The maximum atomic E-state index is 11.5. The molecule has 0 aliphatic carbocycles. The van der Waals surface area contributed by atoms with E-state index in [1.165, 1.54) is 0 Å². The Labute approximate surface area is 95.2 Å². The molecule has 1 aromatic rings. The van der Waals surface area contributed by atoms with Crippen molar-refractivity contribution in [2.24, 2.45) is 0 Å². The first-order valence-electron chi connectivity index (χ1n) is 3.99. The van der Waals surface area contributed by atoms with E-state index in [0.29, 0.717) is 5.56 Å². The number of benzene rings is 1. The third-order valence-corrected chi connectivity index (χ3v) is 2.83. The Kier molecular flexibility index (Phi) is 4.35. The van der Waals surface area contributed by atoms with Gasteiger partial charge in [0.2, 0.25) is 0 Å². The highest BCUT2D eigenvalue weighted by atomic mass is 79.9. The van der Waals surface area contributed by atoms with E-state index in [0.717, 1.165) is 16.2 Å². The number of Topliss-reactive ketones (excluding diaryl/α,β-unsaturated/α-hetero) is 1. The van der Waals surface area contributed by atoms with E-state index >= 15 is 0 Å². The number of thioether (sulfide) groups is 1. The Balaban J connectivity index is 2.70. The molecule has 0 spiro atoms. The Morgan fingerprint density at radius 3 is 2.36 bits per heavy atom. The first-order chi connectivity index (χ1) is 6.63. The number of hydrogen-bond donors (Lipinski definition) is 0. The van der Waals surface area contributed by atoms with Crippen molar-refractivity contribution in [2.45, 2.75) is 6.42 Å². The van der Waals surface area contributed by atoms with Crippen LogP contribution in [0.3, 0.4) is 0 Å². The molecule has 0 atom stereocenters. The first-order valence-corrected chi connectivity index (χ1v) is 6.01. The SMILES string of the molecule is CSC(=O)CC(=O)c1ccc(Br)cc1. The minimum absolute atomic E-state index is 0.0250. The summed E-state index contributed by atoms with van der Waals surface area (Å²) in [7, 11) is 0. The largest absolute Gasteiger partial charge is 0.294 e. The monoisotopic (exact) mass is 272 g/mol. The predicted octanol–water partition coefficient (Wildman–Crippen LogP) is 2.91. The lowest BCUT2D eigenvalue weighted by atomic mass is 10.1. The van der Waals surface area contributed by atoms with Crippen molar-refractivity contribution < 1.29 is 9.59 Å². The van der Waals surface area contributed by atoms with Gasteiger partial charge in [-0.25, -0.2) is 0 Å². The number of carbonyl (C=O) groups is 2. The van der Waals surface area contributed by atoms with Crippen LogP contribution in [0.15, 0.2) is 28.7 Å². The van der Waals surface area contributed by atoms with Crippen molar-refractivity contribution in [3.8, 4) is 0 Å². The standard InChI is InChI=1S/C10H9BrO2S/c1-14-10(13)6-9(12)7-2-4-8(11)5-3-7/h2-5H,6H2,1H3. The van der Waals surface area contributed by atoms with Crippen molar-refractivity contribution in [3.05, 3.63) is 34.3 Å². The maximum absolute atomic E-state index is 11.5. The molecule has 0 N–H and O–H groups in total. The van der Waals surface area contributed by atoms with Crippen molar-refractivity contribution >= 4 is 38.6 Å². The molecule has 0 fully saturated rings. The molecule has 74 valence electrons. The van der Waals surface area contributed by atoms with Gasteiger partial charge in [0.1, 0.15) is 0 Å². The Bertz CT molecular complexity index is 346. The second-order valence-electron chi connectivity index (χ2n) is 2.68. The van der Waals surface area contributed by atoms with Crippen LogP contribution in [0, 0.1) is 0 Å². The minimum Gasteiger partial charge on any atom is -0.294 e. The van der Waals surface area contributed by atoms with Crippen LogP contribution >= 0.6 is 27.7 Å². The van der Waals surface area contributed by atoms with Gasteiger partial charge in [-0.1, -0.05) is 39.8 Å². The van der Waals surface area contributed by atoms with Crippen molar-refractivity contribution in [1.29, 1.82) is 0 Å². The number of ketones is 1. The van der Waals surface area contributed by atoms with Crippen LogP contribution in [0.4, 0.5) is 0 Å². The third kappa shape index (κ3) is 3.27. The highest BCUT2D eigenvalue weighted by molar-refractivity contribution is 9.10. The van der Waals surface area contributed by atoms with Crippen LogP contribution in [0.1, 0.15) is 16.8 Å². The molecule has 0 saturated carbocycles. The number of hydrogen-bond acceptors (Lipinski definition) is 3. The molecule has 0 radical (unpaired) electrons. The fraction of sp³-hybridized carbons (Fsp3) is 0.200. The van der Waals surface area contributed by atoms with E-state index in [-0.39, 0.29) is 17.3 Å². The third-order valence-electron chi connectivity index (χ3n) is 1.70. The lowest BCUT2D eigenvalue weighted by Crippen LogP contribution is -2.04. The van der Waals surface area contributed by atoms with Gasteiger partial charge in [0, 0.05) is 10.0 Å². The lowest BCUT2D eigenvalue weighted by molar-refractivity contribution is -0.110. The van der Waals surface area contributed by atoms with Gasteiger partial charge in [0.15, 0.2) is 10.9 Å². The fourth-order valence-electron chi connectivity index (χ4n) is 0.941. The molecule has 0 bridgehead atoms. The van der Waals surface area contributed by atoms with Gasteiger partial charge in [0.25, 0.3) is 0 Å². The molecular formula is C10H9BrO2S. The van der Waals surface area contributed by atoms with E-state index < -0.39 is 0 Å². The van der Waals surface area contributed by atoms with Crippen LogP contribution in [0.2, 0.25) is 0 Å². The van der Waals surface area contributed by atoms with E-state index in [2.05, 4.69) is 15.9 Å². The van der Waals surface area contributed by atoms with Gasteiger partial charge >= 0.3 is 0 Å². The van der Waals surface area contributed by atoms with Crippen molar-refractivity contribution in [1.82, 2.24) is 0 Å². The lowest BCUT2D eigenvalue weighted by Gasteiger charge is -1.98. The van der Waals surface area contributed by atoms with Crippen LogP contribution in [-0.2, 0) is 4.79 Å². The maximum Gasteiger partial charge on any atom is 0.196 e. The molecule has 0 unspecified atom stereocenters. The van der Waals surface area contributed by atoms with Gasteiger partial charge in [-0.15, -0.1) is 0 Å². The van der Waals surface area contributed by atoms with Crippen LogP contribution in [0.5, 0.6) is 0 Å². The van der Waals surface area contributed by atoms with Crippen LogP contribution in [0.25, 0.3) is 0 Å². The molecule has 1 aromatic carbocycles. The molecular weight excluding hydrogens is 264 g/mol. The Hall–Kier alpha value is -0.610. The number of carbonyl (C=O) groups excluding carboxylic acids is 2. The summed E-state index contributed by atoms with van der Waals surface area (Å²) >= 11 is 4.36. The average Bonchev–Trinajstić information content (AvgIpc) is 2.18. The topological polar surface area (TPSA) is 34.1 Å². The van der Waals surface area contributed by atoms with Gasteiger partial charge in [-0.05, 0) is 18.4 Å². The molecule has 0 aliphatic heterocycles. The molecule has 0 amide bonds. The summed E-state index contributed by atoms with van der Waals surface area (Å²) < 4.78 is 0.922. The Morgan fingerprint density at radius 1 is 1.29 bits per heavy atom. The normalized spacial score (nSPS) is 9.86. The van der Waals surface area contributed by atoms with E-state index in [4.69, 9.17) is 0 Å². The van der Waals surface area contributed by atoms with E-state index in [9.17, 15) is 9.59 Å². The van der Waals surface area contributed by atoms with Crippen LogP contribution < -0.4 is 0 Å². The fourth-order valence-corrected chi connectivity index (χ4v) is 1.48. The number of rotatable bonds is 3. The zero-order valence-corrected chi connectivity index (χ0v) is 10.0. The predicted molar refractivity (Wildman–Crippen MR) is 61.6 cm³/mol. The molecule has 4 heteroatoms. The van der Waals surface area contributed by atoms with E-state index in [1.54, 1.807) is 30.5 Å². The summed E-state index contributed by atoms with van der Waals surface area (Å²) in [4.78, 5) is 22.5. The van der Waals surface area contributed by atoms with Gasteiger partial charge in [-0.3, -0.25) is 9.59 Å². The summed E-state index contributed by atoms with van der Waals surface area (Å²) in [6.07, 6.45) is 1.65. The molecule has 0 saturated heterocycles. The molecule has 0 heterocycles. The summed E-state index contributed by atoms with van der Waals surface area (Å²) in [6, 6.07) is 6.99. The van der Waals surface area contributed by atoms with Crippen LogP contribution in [-0.4, -0.2) is 17.2 Å². The molecule has 1 rings (SSSR count). The summed E-state index contributed by atoms with van der Waals surface area (Å²) in [6.45, 7) is 0. The zero-order valence-electron chi connectivity index (χ0n) is 7.62. The number of halogens is 1. The quantitative estimate of drug-likeness (QED) is 0.627. The second kappa shape index (κ2) is 5.32. The highest BCUT2D eigenvalue weighted by Crippen LogP contribution is 2.13. The highest BCUT2D eigenvalue weighted by Gasteiger charge is 2.10. The first kappa shape index (κ1) is 11.5. The molecule has 0 aliphatic rings. The van der Waals surface area contributed by atoms with Gasteiger partial charge in [-0.2, -0.15) is 0 Å². The second-order valence-corrected chi connectivity index (χ2v) is 4.46. The smallest absolute Gasteiger partial charge is 0.196 e. The van der Waals surface area contributed by atoms with Crippen molar-refractivity contribution in [3.63, 3.8) is 0 Å². The molecule has 0 aromatic heterocycles. The Morgan fingerprint density at radius 2 is 1.86 bits per heavy atom. The van der Waals surface area contributed by atoms with Gasteiger partial charge < -0.3 is 0 Å². The summed E-state index contributed by atoms with van der Waals surface area (Å²) in [5, 5.41) is -0.0991. The minimum atomic E-state index is -0.128. The molecule has 14 heavy (non-hydrogen) atoms. The summed E-state index contributed by atoms with van der Waals surface area (Å²) in [5.74, 6) is -0.128. The van der Waals surface area contributed by atoms with E-state index in [1.807, 2.05) is 0 Å². The summed E-state index contributed by atoms with van der Waals surface area (Å²) in [5.41, 5.74) is 0.579. The van der Waals surface area contributed by atoms with Gasteiger partial charge in [0.05, 0.1) is 6.42 Å². The zero-order chi connectivity index (χ0) is 10.6.